The van der Waals surface area contributed by atoms with Gasteiger partial charge in [0.1, 0.15) is 21.3 Å². The van der Waals surface area contributed by atoms with E-state index in [0.717, 1.165) is 6.07 Å². The van der Waals surface area contributed by atoms with E-state index in [0.29, 0.717) is 0 Å². The number of rotatable bonds is 2. The normalized spacial score (nSPS) is 15.0. The lowest BCUT2D eigenvalue weighted by atomic mass is 10.3. The fraction of sp³-hybridized carbons (Fsp3) is 0.200. The number of halogens is 1. The van der Waals surface area contributed by atoms with Crippen LogP contribution in [0.3, 0.4) is 0 Å². The molecule has 0 radical (unpaired) electrons. The van der Waals surface area contributed by atoms with E-state index in [4.69, 9.17) is 9.47 Å². The third kappa shape index (κ3) is 2.25. The molecule has 110 valence electrons. The van der Waals surface area contributed by atoms with Gasteiger partial charge in [-0.2, -0.15) is 0 Å². The van der Waals surface area contributed by atoms with Crippen molar-refractivity contribution in [2.24, 2.45) is 0 Å². The minimum atomic E-state index is -3.79. The van der Waals surface area contributed by atoms with Gasteiger partial charge in [-0.1, -0.05) is 12.1 Å². The molecule has 0 N–H and O–H groups in total. The molecule has 1 aliphatic rings. The topological polar surface area (TPSA) is 52.6 Å². The molecule has 0 amide bonds. The van der Waals surface area contributed by atoms with Crippen molar-refractivity contribution in [2.75, 3.05) is 0 Å². The van der Waals surface area contributed by atoms with Crippen LogP contribution in [0.5, 0.6) is 17.2 Å². The average Bonchev–Trinajstić information content (AvgIpc) is 2.41. The average molecular weight is 308 g/mol. The summed E-state index contributed by atoms with van der Waals surface area (Å²) in [7, 11) is -3.79. The lowest BCUT2D eigenvalue weighted by molar-refractivity contribution is 0.229. The van der Waals surface area contributed by atoms with E-state index in [9.17, 15) is 12.8 Å². The molecule has 21 heavy (non-hydrogen) atoms. The Morgan fingerprint density at radius 3 is 2.52 bits per heavy atom. The molecule has 0 spiro atoms. The van der Waals surface area contributed by atoms with E-state index in [2.05, 4.69) is 0 Å². The van der Waals surface area contributed by atoms with Crippen LogP contribution >= 0.6 is 0 Å². The Bertz CT molecular complexity index is 812. The maximum Gasteiger partial charge on any atom is 0.214 e. The summed E-state index contributed by atoms with van der Waals surface area (Å²) in [6.07, 6.45) is -0.231. The van der Waals surface area contributed by atoms with Crippen molar-refractivity contribution in [2.45, 2.75) is 29.7 Å². The zero-order chi connectivity index (χ0) is 15.2. The molecule has 0 aromatic heterocycles. The predicted octanol–water partition coefficient (Wildman–Crippen LogP) is 3.55. The summed E-state index contributed by atoms with van der Waals surface area (Å²) in [6, 6.07) is 8.48. The molecule has 0 unspecified atom stereocenters. The smallest absolute Gasteiger partial charge is 0.214 e. The van der Waals surface area contributed by atoms with Gasteiger partial charge >= 0.3 is 0 Å². The van der Waals surface area contributed by atoms with E-state index in [1.165, 1.54) is 12.1 Å². The van der Waals surface area contributed by atoms with Crippen molar-refractivity contribution in [3.63, 3.8) is 0 Å². The minimum Gasteiger partial charge on any atom is -0.488 e. The van der Waals surface area contributed by atoms with Crippen molar-refractivity contribution >= 4 is 9.84 Å². The van der Waals surface area contributed by atoms with Crippen molar-refractivity contribution in [3.8, 4) is 17.2 Å². The molecule has 3 rings (SSSR count). The van der Waals surface area contributed by atoms with Gasteiger partial charge in [-0.3, -0.25) is 0 Å². The number of benzene rings is 2. The maximum absolute atomic E-state index is 14.0. The monoisotopic (exact) mass is 308 g/mol. The molecule has 0 saturated carbocycles. The van der Waals surface area contributed by atoms with Crippen LogP contribution in [0.1, 0.15) is 13.8 Å². The fourth-order valence-corrected chi connectivity index (χ4v) is 3.64. The van der Waals surface area contributed by atoms with Gasteiger partial charge in [0, 0.05) is 12.1 Å². The first-order valence-corrected chi connectivity index (χ1v) is 7.90. The van der Waals surface area contributed by atoms with E-state index in [1.54, 1.807) is 32.0 Å². The number of ether oxygens (including phenoxy) is 2. The molecule has 0 fully saturated rings. The predicted molar refractivity (Wildman–Crippen MR) is 74.1 cm³/mol. The third-order valence-corrected chi connectivity index (χ3v) is 4.82. The zero-order valence-corrected chi connectivity index (χ0v) is 12.3. The second-order valence-corrected chi connectivity index (χ2v) is 6.83. The summed E-state index contributed by atoms with van der Waals surface area (Å²) >= 11 is 0. The van der Waals surface area contributed by atoms with Crippen LogP contribution in [0.4, 0.5) is 4.39 Å². The first-order chi connectivity index (χ1) is 9.89. The highest BCUT2D eigenvalue weighted by atomic mass is 32.2. The van der Waals surface area contributed by atoms with Crippen LogP contribution in [0.25, 0.3) is 0 Å². The van der Waals surface area contributed by atoms with Crippen molar-refractivity contribution in [3.05, 3.63) is 42.2 Å². The summed E-state index contributed by atoms with van der Waals surface area (Å²) in [6.45, 7) is 3.51. The maximum atomic E-state index is 14.0. The quantitative estimate of drug-likeness (QED) is 0.726. The summed E-state index contributed by atoms with van der Waals surface area (Å²) in [5, 5.41) is 0. The Labute approximate surface area is 122 Å². The molecule has 1 heterocycles. The first kappa shape index (κ1) is 13.9. The third-order valence-electron chi connectivity index (χ3n) is 3.01. The Morgan fingerprint density at radius 1 is 1.10 bits per heavy atom. The molecule has 0 bridgehead atoms. The Balaban J connectivity index is 2.19. The Kier molecular flexibility index (Phi) is 3.13. The van der Waals surface area contributed by atoms with Gasteiger partial charge in [0.2, 0.25) is 9.84 Å². The standard InChI is InChI=1S/C15H13FO4S/c1-9(2)19-12-8-13-15(7-10(12)16)21(17,18)14-6-4-3-5-11(14)20-13/h3-9H,1-2H3. The number of hydrogen-bond donors (Lipinski definition) is 0. The van der Waals surface area contributed by atoms with Gasteiger partial charge in [-0.05, 0) is 26.0 Å². The van der Waals surface area contributed by atoms with E-state index >= 15 is 0 Å². The largest absolute Gasteiger partial charge is 0.488 e. The van der Waals surface area contributed by atoms with Gasteiger partial charge in [0.25, 0.3) is 0 Å². The van der Waals surface area contributed by atoms with Crippen molar-refractivity contribution < 1.29 is 22.3 Å². The summed E-state index contributed by atoms with van der Waals surface area (Å²) in [5.41, 5.74) is 0. The van der Waals surface area contributed by atoms with Crippen molar-refractivity contribution in [1.29, 1.82) is 0 Å². The highest BCUT2D eigenvalue weighted by Crippen LogP contribution is 2.44. The SMILES string of the molecule is CC(C)Oc1cc2c(cc1F)S(=O)(=O)c1ccccc1O2. The van der Waals surface area contributed by atoms with Crippen LogP contribution in [0.15, 0.2) is 46.2 Å². The summed E-state index contributed by atoms with van der Waals surface area (Å²) < 4.78 is 49.9. The highest BCUT2D eigenvalue weighted by molar-refractivity contribution is 7.91. The second-order valence-electron chi connectivity index (χ2n) is 4.95. The van der Waals surface area contributed by atoms with Gasteiger partial charge in [0.15, 0.2) is 11.6 Å². The lowest BCUT2D eigenvalue weighted by Gasteiger charge is -2.21. The van der Waals surface area contributed by atoms with Crippen LogP contribution in [0, 0.1) is 5.82 Å². The van der Waals surface area contributed by atoms with Crippen molar-refractivity contribution in [1.82, 2.24) is 0 Å². The summed E-state index contributed by atoms with van der Waals surface area (Å²) in [5.74, 6) is -0.454. The summed E-state index contributed by atoms with van der Waals surface area (Å²) in [4.78, 5) is -0.149. The van der Waals surface area contributed by atoms with Crippen LogP contribution in [0.2, 0.25) is 0 Å². The van der Waals surface area contributed by atoms with E-state index < -0.39 is 15.7 Å². The highest BCUT2D eigenvalue weighted by Gasteiger charge is 2.32. The number of sulfone groups is 1. The van der Waals surface area contributed by atoms with E-state index in [-0.39, 0.29) is 33.1 Å². The molecule has 1 aliphatic heterocycles. The van der Waals surface area contributed by atoms with Gasteiger partial charge in [0.05, 0.1) is 6.10 Å². The number of fused-ring (bicyclic) bond motifs is 2. The second kappa shape index (κ2) is 4.73. The molecule has 2 aromatic rings. The molecule has 0 saturated heterocycles. The van der Waals surface area contributed by atoms with Gasteiger partial charge < -0.3 is 9.47 Å². The fourth-order valence-electron chi connectivity index (χ4n) is 2.14. The number of hydrogen-bond acceptors (Lipinski definition) is 4. The first-order valence-electron chi connectivity index (χ1n) is 6.42. The number of para-hydroxylation sites is 1. The molecule has 2 aromatic carbocycles. The zero-order valence-electron chi connectivity index (χ0n) is 11.5. The Hall–Kier alpha value is -2.08. The van der Waals surface area contributed by atoms with E-state index in [1.807, 2.05) is 0 Å². The molecule has 6 heteroatoms. The molecular formula is C15H13FO4S. The van der Waals surface area contributed by atoms with Gasteiger partial charge in [-0.25, -0.2) is 12.8 Å². The molecule has 0 atom stereocenters. The lowest BCUT2D eigenvalue weighted by Crippen LogP contribution is -2.13. The molecule has 4 nitrogen and oxygen atoms in total. The molecule has 0 aliphatic carbocycles. The molecular weight excluding hydrogens is 295 g/mol. The van der Waals surface area contributed by atoms with Crippen LogP contribution in [-0.2, 0) is 9.84 Å². The Morgan fingerprint density at radius 2 is 1.81 bits per heavy atom. The minimum absolute atomic E-state index is 0.0293. The van der Waals surface area contributed by atoms with Crippen LogP contribution in [-0.4, -0.2) is 14.5 Å². The van der Waals surface area contributed by atoms with Gasteiger partial charge in [-0.15, -0.1) is 0 Å². The van der Waals surface area contributed by atoms with Crippen LogP contribution < -0.4 is 9.47 Å².